The van der Waals surface area contributed by atoms with Crippen LogP contribution >= 0.6 is 15.9 Å². The summed E-state index contributed by atoms with van der Waals surface area (Å²) in [6.45, 7) is -0.197. The number of hydrogen-bond donors (Lipinski definition) is 2. The lowest BCUT2D eigenvalue weighted by Crippen LogP contribution is -2.26. The van der Waals surface area contributed by atoms with E-state index < -0.39 is 17.6 Å². The molecule has 0 aromatic heterocycles. The number of alkyl halides is 3. The molecule has 0 saturated carbocycles. The number of benzene rings is 2. The molecule has 126 valence electrons. The molecule has 0 fully saturated rings. The summed E-state index contributed by atoms with van der Waals surface area (Å²) in [5.74, 6) is -0.473. The fourth-order valence-electron chi connectivity index (χ4n) is 1.79. The molecule has 0 aliphatic carbocycles. The molecule has 2 N–H and O–H groups in total. The molecule has 1 amide bonds. The number of halogens is 4. The Morgan fingerprint density at radius 3 is 2.62 bits per heavy atom. The zero-order valence-corrected chi connectivity index (χ0v) is 13.9. The minimum Gasteiger partial charge on any atom is -0.376 e. The summed E-state index contributed by atoms with van der Waals surface area (Å²) in [5, 5.41) is 6.41. The molecule has 2 aromatic carbocycles. The normalized spacial score (nSPS) is 11.5. The van der Waals surface area contributed by atoms with Gasteiger partial charge in [-0.25, -0.2) is 5.43 Å². The first-order chi connectivity index (χ1) is 11.3. The second-order valence-electron chi connectivity index (χ2n) is 4.78. The van der Waals surface area contributed by atoms with Crippen LogP contribution in [0.5, 0.6) is 0 Å². The topological polar surface area (TPSA) is 53.5 Å². The molecule has 0 atom stereocenters. The van der Waals surface area contributed by atoms with Crippen LogP contribution in [0.25, 0.3) is 0 Å². The maximum absolute atomic E-state index is 12.6. The molecule has 2 aromatic rings. The van der Waals surface area contributed by atoms with E-state index in [0.29, 0.717) is 0 Å². The number of anilines is 1. The number of rotatable bonds is 5. The van der Waals surface area contributed by atoms with Crippen LogP contribution in [0.1, 0.15) is 11.1 Å². The summed E-state index contributed by atoms with van der Waals surface area (Å²) in [6.07, 6.45) is -2.96. The molecule has 2 rings (SSSR count). The first-order valence-corrected chi connectivity index (χ1v) is 7.62. The summed E-state index contributed by atoms with van der Waals surface area (Å²) in [6, 6.07) is 11.9. The van der Waals surface area contributed by atoms with Gasteiger partial charge in [0, 0.05) is 10.2 Å². The van der Waals surface area contributed by atoms with Crippen molar-refractivity contribution in [2.75, 3.05) is 11.9 Å². The molecule has 0 spiro atoms. The molecule has 0 aliphatic heterocycles. The number of nitrogens with zero attached hydrogens (tertiary/aromatic N) is 1. The standard InChI is InChI=1S/C16H13BrF3N3O/c17-13-5-1-3-11(7-13)9-22-23-15(24)10-21-14-6-2-4-12(8-14)16(18,19)20/h1-9,21H,10H2,(H,23,24)/b22-9+. The van der Waals surface area contributed by atoms with E-state index in [1.165, 1.54) is 18.3 Å². The Hall–Kier alpha value is -2.35. The van der Waals surface area contributed by atoms with Crippen LogP contribution in [-0.2, 0) is 11.0 Å². The van der Waals surface area contributed by atoms with Gasteiger partial charge in [0.15, 0.2) is 0 Å². The Morgan fingerprint density at radius 1 is 1.17 bits per heavy atom. The van der Waals surface area contributed by atoms with E-state index in [4.69, 9.17) is 0 Å². The lowest BCUT2D eigenvalue weighted by molar-refractivity contribution is -0.137. The van der Waals surface area contributed by atoms with Gasteiger partial charge in [0.25, 0.3) is 5.91 Å². The van der Waals surface area contributed by atoms with Crippen molar-refractivity contribution in [1.82, 2.24) is 5.43 Å². The predicted octanol–water partition coefficient (Wildman–Crippen LogP) is 4.03. The van der Waals surface area contributed by atoms with E-state index in [9.17, 15) is 18.0 Å². The van der Waals surface area contributed by atoms with Gasteiger partial charge in [-0.2, -0.15) is 18.3 Å². The molecular formula is C16H13BrF3N3O. The number of hydrazone groups is 1. The van der Waals surface area contributed by atoms with Crippen LogP contribution in [0.2, 0.25) is 0 Å². The quantitative estimate of drug-likeness (QED) is 0.588. The lowest BCUT2D eigenvalue weighted by Gasteiger charge is -2.10. The van der Waals surface area contributed by atoms with Crippen molar-refractivity contribution < 1.29 is 18.0 Å². The van der Waals surface area contributed by atoms with E-state index >= 15 is 0 Å². The van der Waals surface area contributed by atoms with Crippen LogP contribution in [0, 0.1) is 0 Å². The van der Waals surface area contributed by atoms with Crippen molar-refractivity contribution in [3.05, 3.63) is 64.1 Å². The van der Waals surface area contributed by atoms with Gasteiger partial charge < -0.3 is 5.32 Å². The third-order valence-corrected chi connectivity index (χ3v) is 3.39. The maximum atomic E-state index is 12.6. The number of hydrogen-bond acceptors (Lipinski definition) is 3. The highest BCUT2D eigenvalue weighted by molar-refractivity contribution is 9.10. The zero-order chi connectivity index (χ0) is 17.6. The van der Waals surface area contributed by atoms with Gasteiger partial charge >= 0.3 is 6.18 Å². The van der Waals surface area contributed by atoms with Crippen molar-refractivity contribution in [2.45, 2.75) is 6.18 Å². The molecule has 8 heteroatoms. The first-order valence-electron chi connectivity index (χ1n) is 6.83. The Kier molecular flexibility index (Phi) is 5.97. The highest BCUT2D eigenvalue weighted by atomic mass is 79.9. The van der Waals surface area contributed by atoms with Crippen LogP contribution in [0.3, 0.4) is 0 Å². The monoisotopic (exact) mass is 399 g/mol. The van der Waals surface area contributed by atoms with Gasteiger partial charge in [0.05, 0.1) is 18.3 Å². The zero-order valence-electron chi connectivity index (χ0n) is 12.3. The van der Waals surface area contributed by atoms with Gasteiger partial charge in [-0.15, -0.1) is 0 Å². The summed E-state index contributed by atoms with van der Waals surface area (Å²) in [7, 11) is 0. The molecule has 0 radical (unpaired) electrons. The van der Waals surface area contributed by atoms with Gasteiger partial charge in [-0.05, 0) is 35.9 Å². The van der Waals surface area contributed by atoms with Crippen molar-refractivity contribution in [3.8, 4) is 0 Å². The van der Waals surface area contributed by atoms with E-state index in [2.05, 4.69) is 31.8 Å². The van der Waals surface area contributed by atoms with Gasteiger partial charge in [-0.1, -0.05) is 34.1 Å². The maximum Gasteiger partial charge on any atom is 0.416 e. The van der Waals surface area contributed by atoms with Gasteiger partial charge in [0.2, 0.25) is 0 Å². The van der Waals surface area contributed by atoms with Crippen molar-refractivity contribution in [2.24, 2.45) is 5.10 Å². The Labute approximate surface area is 144 Å². The molecule has 4 nitrogen and oxygen atoms in total. The Bertz CT molecular complexity index is 747. The minimum atomic E-state index is -4.42. The van der Waals surface area contributed by atoms with Crippen LogP contribution in [0.15, 0.2) is 58.1 Å². The fourth-order valence-corrected chi connectivity index (χ4v) is 2.21. The number of carbonyl (C=O) groups is 1. The molecule has 0 heterocycles. The van der Waals surface area contributed by atoms with Crippen molar-refractivity contribution >= 4 is 33.7 Å². The smallest absolute Gasteiger partial charge is 0.376 e. The largest absolute Gasteiger partial charge is 0.416 e. The second-order valence-corrected chi connectivity index (χ2v) is 5.70. The minimum absolute atomic E-state index is 0.197. The second kappa shape index (κ2) is 7.96. The predicted molar refractivity (Wildman–Crippen MR) is 89.8 cm³/mol. The van der Waals surface area contributed by atoms with Crippen LogP contribution in [0.4, 0.5) is 18.9 Å². The molecule has 0 aliphatic rings. The number of amides is 1. The Balaban J connectivity index is 1.85. The average molecular weight is 400 g/mol. The fraction of sp³-hybridized carbons (Fsp3) is 0.125. The number of carbonyl (C=O) groups excluding carboxylic acids is 1. The summed E-state index contributed by atoms with van der Waals surface area (Å²) in [4.78, 5) is 11.6. The van der Waals surface area contributed by atoms with Crippen LogP contribution in [-0.4, -0.2) is 18.7 Å². The molecular weight excluding hydrogens is 387 g/mol. The van der Waals surface area contributed by atoms with Crippen molar-refractivity contribution in [1.29, 1.82) is 0 Å². The molecule has 0 bridgehead atoms. The van der Waals surface area contributed by atoms with Crippen LogP contribution < -0.4 is 10.7 Å². The summed E-state index contributed by atoms with van der Waals surface area (Å²) < 4.78 is 38.7. The third-order valence-electron chi connectivity index (χ3n) is 2.89. The number of nitrogens with one attached hydrogen (secondary N) is 2. The summed E-state index contributed by atoms with van der Waals surface area (Å²) in [5.41, 5.74) is 2.51. The third kappa shape index (κ3) is 5.69. The Morgan fingerprint density at radius 2 is 1.92 bits per heavy atom. The van der Waals surface area contributed by atoms with Crippen molar-refractivity contribution in [3.63, 3.8) is 0 Å². The highest BCUT2D eigenvalue weighted by Gasteiger charge is 2.30. The van der Waals surface area contributed by atoms with E-state index in [1.54, 1.807) is 6.07 Å². The average Bonchev–Trinajstić information content (AvgIpc) is 2.52. The lowest BCUT2D eigenvalue weighted by atomic mass is 10.2. The summed E-state index contributed by atoms with van der Waals surface area (Å²) >= 11 is 3.31. The SMILES string of the molecule is O=C(CNc1cccc(C(F)(F)F)c1)N/N=C/c1cccc(Br)c1. The molecule has 24 heavy (non-hydrogen) atoms. The molecule has 0 unspecified atom stereocenters. The van der Waals surface area contributed by atoms with Gasteiger partial charge in [-0.3, -0.25) is 4.79 Å². The van der Waals surface area contributed by atoms with E-state index in [1.807, 2.05) is 18.2 Å². The van der Waals surface area contributed by atoms with E-state index in [0.717, 1.165) is 22.2 Å². The molecule has 0 saturated heterocycles. The van der Waals surface area contributed by atoms with Gasteiger partial charge in [0.1, 0.15) is 0 Å². The highest BCUT2D eigenvalue weighted by Crippen LogP contribution is 2.30. The van der Waals surface area contributed by atoms with E-state index in [-0.39, 0.29) is 12.2 Å². The first kappa shape index (κ1) is 18.0.